The SMILES string of the molecule is CCn1c(C#N)ccc1Cc1ccco1. The fraction of sp³-hybridized carbons (Fsp3) is 0.250. The van der Waals surface area contributed by atoms with E-state index in [0.717, 1.165) is 24.4 Å². The first-order valence-corrected chi connectivity index (χ1v) is 4.96. The molecule has 0 aliphatic rings. The minimum absolute atomic E-state index is 0.707. The van der Waals surface area contributed by atoms with Crippen molar-refractivity contribution in [1.82, 2.24) is 4.57 Å². The second-order valence-electron chi connectivity index (χ2n) is 3.32. The van der Waals surface area contributed by atoms with Gasteiger partial charge < -0.3 is 8.98 Å². The van der Waals surface area contributed by atoms with Crippen molar-refractivity contribution in [2.24, 2.45) is 0 Å². The Balaban J connectivity index is 2.29. The molecule has 0 bridgehead atoms. The first kappa shape index (κ1) is 9.60. The summed E-state index contributed by atoms with van der Waals surface area (Å²) in [5.41, 5.74) is 1.82. The Labute approximate surface area is 88.6 Å². The van der Waals surface area contributed by atoms with Crippen LogP contribution in [0.15, 0.2) is 34.9 Å². The van der Waals surface area contributed by atoms with Gasteiger partial charge in [0.05, 0.1) is 6.26 Å². The first-order chi connectivity index (χ1) is 7.35. The minimum Gasteiger partial charge on any atom is -0.469 e. The van der Waals surface area contributed by atoms with Crippen LogP contribution < -0.4 is 0 Å². The molecule has 0 radical (unpaired) electrons. The van der Waals surface area contributed by atoms with E-state index in [1.54, 1.807) is 6.26 Å². The zero-order valence-corrected chi connectivity index (χ0v) is 8.60. The predicted octanol–water partition coefficient (Wildman–Crippen LogP) is 2.56. The number of hydrogen-bond acceptors (Lipinski definition) is 2. The van der Waals surface area contributed by atoms with Gasteiger partial charge in [0.1, 0.15) is 17.5 Å². The van der Waals surface area contributed by atoms with E-state index in [1.165, 1.54) is 0 Å². The average Bonchev–Trinajstić information content (AvgIpc) is 2.87. The van der Waals surface area contributed by atoms with Gasteiger partial charge in [-0.15, -0.1) is 0 Å². The number of hydrogen-bond donors (Lipinski definition) is 0. The smallest absolute Gasteiger partial charge is 0.120 e. The van der Waals surface area contributed by atoms with Crippen LogP contribution in [0.3, 0.4) is 0 Å². The number of furan rings is 1. The summed E-state index contributed by atoms with van der Waals surface area (Å²) in [7, 11) is 0. The molecule has 0 saturated carbocycles. The van der Waals surface area contributed by atoms with Gasteiger partial charge in [-0.3, -0.25) is 0 Å². The van der Waals surface area contributed by atoms with Crippen LogP contribution in [0.2, 0.25) is 0 Å². The fourth-order valence-corrected chi connectivity index (χ4v) is 1.73. The molecule has 2 heterocycles. The molecule has 76 valence electrons. The summed E-state index contributed by atoms with van der Waals surface area (Å²) < 4.78 is 7.29. The van der Waals surface area contributed by atoms with Crippen molar-refractivity contribution in [2.45, 2.75) is 19.9 Å². The van der Waals surface area contributed by atoms with Gasteiger partial charge in [0.25, 0.3) is 0 Å². The Bertz CT molecular complexity index is 474. The van der Waals surface area contributed by atoms with E-state index in [0.29, 0.717) is 5.69 Å². The molecule has 0 saturated heterocycles. The lowest BCUT2D eigenvalue weighted by molar-refractivity contribution is 0.514. The summed E-state index contributed by atoms with van der Waals surface area (Å²) in [6.07, 6.45) is 2.41. The van der Waals surface area contributed by atoms with Gasteiger partial charge in [0.2, 0.25) is 0 Å². The van der Waals surface area contributed by atoms with Gasteiger partial charge in [-0.1, -0.05) is 0 Å². The lowest BCUT2D eigenvalue weighted by atomic mass is 10.2. The van der Waals surface area contributed by atoms with Gasteiger partial charge in [-0.25, -0.2) is 0 Å². The summed E-state index contributed by atoms with van der Waals surface area (Å²) in [5, 5.41) is 8.89. The van der Waals surface area contributed by atoms with Crippen molar-refractivity contribution in [3.8, 4) is 6.07 Å². The Morgan fingerprint density at radius 3 is 2.87 bits per heavy atom. The summed E-state index contributed by atoms with van der Waals surface area (Å²) in [5.74, 6) is 0.923. The van der Waals surface area contributed by atoms with Gasteiger partial charge in [0, 0.05) is 18.7 Å². The van der Waals surface area contributed by atoms with Gasteiger partial charge in [0.15, 0.2) is 0 Å². The van der Waals surface area contributed by atoms with Gasteiger partial charge >= 0.3 is 0 Å². The minimum atomic E-state index is 0.707. The molecule has 0 spiro atoms. The van der Waals surface area contributed by atoms with Crippen LogP contribution in [0.1, 0.15) is 24.1 Å². The summed E-state index contributed by atoms with van der Waals surface area (Å²) in [6.45, 7) is 2.85. The maximum atomic E-state index is 8.89. The molecule has 0 unspecified atom stereocenters. The highest BCUT2D eigenvalue weighted by Crippen LogP contribution is 2.14. The Kier molecular flexibility index (Phi) is 2.59. The van der Waals surface area contributed by atoms with Crippen molar-refractivity contribution in [2.75, 3.05) is 0 Å². The fourth-order valence-electron chi connectivity index (χ4n) is 1.73. The zero-order chi connectivity index (χ0) is 10.7. The number of rotatable bonds is 3. The quantitative estimate of drug-likeness (QED) is 0.764. The van der Waals surface area contributed by atoms with Crippen LogP contribution in [0.5, 0.6) is 0 Å². The second-order valence-corrected chi connectivity index (χ2v) is 3.32. The molecule has 0 aliphatic carbocycles. The molecule has 15 heavy (non-hydrogen) atoms. The van der Waals surface area contributed by atoms with Crippen molar-refractivity contribution in [1.29, 1.82) is 5.26 Å². The lowest BCUT2D eigenvalue weighted by Crippen LogP contribution is -2.03. The van der Waals surface area contributed by atoms with E-state index in [9.17, 15) is 0 Å². The van der Waals surface area contributed by atoms with Crippen LogP contribution >= 0.6 is 0 Å². The molecule has 0 aromatic carbocycles. The topological polar surface area (TPSA) is 41.9 Å². The van der Waals surface area contributed by atoms with Crippen LogP contribution in [-0.2, 0) is 13.0 Å². The maximum Gasteiger partial charge on any atom is 0.120 e. The largest absolute Gasteiger partial charge is 0.469 e. The summed E-state index contributed by atoms with van der Waals surface area (Å²) >= 11 is 0. The van der Waals surface area contributed by atoms with Crippen molar-refractivity contribution in [3.63, 3.8) is 0 Å². The zero-order valence-electron chi connectivity index (χ0n) is 8.60. The third kappa shape index (κ3) is 1.79. The summed E-state index contributed by atoms with van der Waals surface area (Å²) in [6, 6.07) is 9.82. The van der Waals surface area contributed by atoms with Crippen molar-refractivity contribution in [3.05, 3.63) is 47.7 Å². The van der Waals surface area contributed by atoms with Crippen LogP contribution in [0, 0.1) is 11.3 Å². The highest BCUT2D eigenvalue weighted by Gasteiger charge is 2.07. The third-order valence-electron chi connectivity index (χ3n) is 2.44. The lowest BCUT2D eigenvalue weighted by Gasteiger charge is -2.05. The van der Waals surface area contributed by atoms with Crippen LogP contribution in [0.4, 0.5) is 0 Å². The number of nitriles is 1. The summed E-state index contributed by atoms with van der Waals surface area (Å²) in [4.78, 5) is 0. The number of aromatic nitrogens is 1. The van der Waals surface area contributed by atoms with Crippen LogP contribution in [0.25, 0.3) is 0 Å². The molecule has 2 aromatic rings. The molecular formula is C12H12N2O. The van der Waals surface area contributed by atoms with E-state index >= 15 is 0 Å². The first-order valence-electron chi connectivity index (χ1n) is 4.96. The van der Waals surface area contributed by atoms with Crippen LogP contribution in [-0.4, -0.2) is 4.57 Å². The standard InChI is InChI=1S/C12H12N2O/c1-2-14-10(5-6-11(14)9-13)8-12-4-3-7-15-12/h3-7H,2,8H2,1H3. The van der Waals surface area contributed by atoms with Gasteiger partial charge in [-0.2, -0.15) is 5.26 Å². The third-order valence-corrected chi connectivity index (χ3v) is 2.44. The van der Waals surface area contributed by atoms with E-state index in [2.05, 4.69) is 6.07 Å². The predicted molar refractivity (Wildman–Crippen MR) is 56.3 cm³/mol. The highest BCUT2D eigenvalue weighted by molar-refractivity contribution is 5.28. The molecule has 0 fully saturated rings. The second kappa shape index (κ2) is 4.05. The van der Waals surface area contributed by atoms with E-state index in [-0.39, 0.29) is 0 Å². The van der Waals surface area contributed by atoms with Gasteiger partial charge in [-0.05, 0) is 31.2 Å². The molecule has 0 N–H and O–H groups in total. The maximum absolute atomic E-state index is 8.89. The molecule has 3 nitrogen and oxygen atoms in total. The molecule has 0 aliphatic heterocycles. The molecular weight excluding hydrogens is 188 g/mol. The van der Waals surface area contributed by atoms with E-state index < -0.39 is 0 Å². The average molecular weight is 200 g/mol. The molecule has 2 aromatic heterocycles. The Hall–Kier alpha value is -1.95. The molecule has 0 atom stereocenters. The normalized spacial score (nSPS) is 10.1. The number of nitrogens with zero attached hydrogens (tertiary/aromatic N) is 2. The molecule has 2 rings (SSSR count). The highest BCUT2D eigenvalue weighted by atomic mass is 16.3. The van der Waals surface area contributed by atoms with Crippen molar-refractivity contribution >= 4 is 0 Å². The van der Waals surface area contributed by atoms with E-state index in [4.69, 9.17) is 9.68 Å². The Morgan fingerprint density at radius 1 is 1.40 bits per heavy atom. The van der Waals surface area contributed by atoms with E-state index in [1.807, 2.05) is 35.8 Å². The Morgan fingerprint density at radius 2 is 2.27 bits per heavy atom. The molecule has 3 heteroatoms. The molecule has 0 amide bonds. The monoisotopic (exact) mass is 200 g/mol. The van der Waals surface area contributed by atoms with Crippen molar-refractivity contribution < 1.29 is 4.42 Å².